The molecule has 0 spiro atoms. The number of rotatable bonds is 11. The minimum atomic E-state index is -0.829. The van der Waals surface area contributed by atoms with Crippen molar-refractivity contribution in [3.63, 3.8) is 0 Å². The van der Waals surface area contributed by atoms with Crippen LogP contribution in [0, 0.1) is 0 Å². The number of amidine groups is 1. The molecule has 0 aliphatic carbocycles. The lowest BCUT2D eigenvalue weighted by molar-refractivity contribution is -0.137. The highest BCUT2D eigenvalue weighted by Crippen LogP contribution is 2.46. The van der Waals surface area contributed by atoms with E-state index in [1.807, 2.05) is 116 Å². The largest absolute Gasteiger partial charge is 0.493 e. The Hall–Kier alpha value is -4.16. The van der Waals surface area contributed by atoms with Gasteiger partial charge in [0.2, 0.25) is 11.8 Å². The third-order valence-corrected chi connectivity index (χ3v) is 11.4. The zero-order valence-corrected chi connectivity index (χ0v) is 34.0. The molecule has 3 aliphatic rings. The van der Waals surface area contributed by atoms with E-state index in [9.17, 15) is 9.59 Å². The lowest BCUT2D eigenvalue weighted by Gasteiger charge is -2.39. The third-order valence-electron chi connectivity index (χ3n) is 10.9. The number of hydrogen-bond acceptors (Lipinski definition) is 7. The molecule has 0 unspecified atom stereocenters. The van der Waals surface area contributed by atoms with Gasteiger partial charge in [-0.25, -0.2) is 4.79 Å². The SMILES string of the molecule is CCOc1cc(C(C)(C)C(=O)N(CC)CC)ccc1C1=N[C@H](c2ccc(Cl)cc2)[C@H](c2ccc(Cl)cc2)N1C(=O)N1CCN(CC(=O)N2CCOCC2)CC1. The second-order valence-corrected chi connectivity index (χ2v) is 15.5. The number of aliphatic imine (C=N–C) groups is 1. The predicted octanol–water partition coefficient (Wildman–Crippen LogP) is 6.68. The average molecular weight is 792 g/mol. The lowest BCUT2D eigenvalue weighted by atomic mass is 9.82. The van der Waals surface area contributed by atoms with E-state index in [4.69, 9.17) is 37.7 Å². The number of morpholine rings is 1. The fourth-order valence-corrected chi connectivity index (χ4v) is 7.86. The molecule has 2 fully saturated rings. The number of hydrogen-bond donors (Lipinski definition) is 0. The van der Waals surface area contributed by atoms with Crippen molar-refractivity contribution in [2.75, 3.05) is 78.7 Å². The van der Waals surface area contributed by atoms with Crippen molar-refractivity contribution in [3.05, 3.63) is 99.0 Å². The number of amides is 4. The number of nitrogens with zero attached hydrogens (tertiary/aromatic N) is 6. The van der Waals surface area contributed by atoms with E-state index in [-0.39, 0.29) is 17.8 Å². The van der Waals surface area contributed by atoms with Gasteiger partial charge in [-0.2, -0.15) is 0 Å². The highest BCUT2D eigenvalue weighted by Gasteiger charge is 2.45. The molecule has 0 saturated carbocycles. The van der Waals surface area contributed by atoms with E-state index in [0.717, 1.165) is 16.7 Å². The van der Waals surface area contributed by atoms with Crippen molar-refractivity contribution in [3.8, 4) is 5.75 Å². The normalized spacial score (nSPS) is 19.3. The van der Waals surface area contributed by atoms with Crippen molar-refractivity contribution in [2.45, 2.75) is 52.1 Å². The minimum absolute atomic E-state index is 0.0269. The quantitative estimate of drug-likeness (QED) is 0.215. The summed E-state index contributed by atoms with van der Waals surface area (Å²) in [5.74, 6) is 1.12. The number of urea groups is 1. The molecule has 2 atom stereocenters. The van der Waals surface area contributed by atoms with Gasteiger partial charge in [-0.15, -0.1) is 0 Å². The van der Waals surface area contributed by atoms with E-state index >= 15 is 4.79 Å². The predicted molar refractivity (Wildman–Crippen MR) is 216 cm³/mol. The number of halogens is 2. The number of carbonyl (C=O) groups is 3. The molecule has 4 amide bonds. The monoisotopic (exact) mass is 790 g/mol. The fraction of sp³-hybridized carbons (Fsp3) is 0.476. The Morgan fingerprint density at radius 3 is 2.00 bits per heavy atom. The van der Waals surface area contributed by atoms with Crippen LogP contribution in [0.25, 0.3) is 0 Å². The summed E-state index contributed by atoms with van der Waals surface area (Å²) >= 11 is 12.7. The summed E-state index contributed by atoms with van der Waals surface area (Å²) in [6, 6.07) is 19.7. The second kappa shape index (κ2) is 17.7. The van der Waals surface area contributed by atoms with Gasteiger partial charge in [0.1, 0.15) is 17.6 Å². The van der Waals surface area contributed by atoms with Crippen molar-refractivity contribution in [2.24, 2.45) is 4.99 Å². The van der Waals surface area contributed by atoms with Gasteiger partial charge in [0.25, 0.3) is 0 Å². The van der Waals surface area contributed by atoms with Crippen molar-refractivity contribution < 1.29 is 23.9 Å². The molecular formula is C42H52Cl2N6O5. The Labute approximate surface area is 334 Å². The average Bonchev–Trinajstić information content (AvgIpc) is 3.59. The van der Waals surface area contributed by atoms with Crippen LogP contribution in [0.1, 0.15) is 69.0 Å². The van der Waals surface area contributed by atoms with Crippen LogP contribution in [-0.4, -0.2) is 127 Å². The summed E-state index contributed by atoms with van der Waals surface area (Å²) in [7, 11) is 0. The molecule has 0 aromatic heterocycles. The summed E-state index contributed by atoms with van der Waals surface area (Å²) in [5.41, 5.74) is 2.38. The molecule has 0 N–H and O–H groups in total. The highest BCUT2D eigenvalue weighted by atomic mass is 35.5. The zero-order valence-electron chi connectivity index (χ0n) is 32.5. The van der Waals surface area contributed by atoms with Crippen LogP contribution >= 0.6 is 23.2 Å². The van der Waals surface area contributed by atoms with Crippen LogP contribution in [0.2, 0.25) is 10.0 Å². The Morgan fingerprint density at radius 2 is 1.42 bits per heavy atom. The Morgan fingerprint density at radius 1 is 0.818 bits per heavy atom. The summed E-state index contributed by atoms with van der Waals surface area (Å²) < 4.78 is 11.7. The molecule has 3 aromatic carbocycles. The fourth-order valence-electron chi connectivity index (χ4n) is 7.61. The van der Waals surface area contributed by atoms with E-state index in [2.05, 4.69) is 4.90 Å². The molecule has 0 bridgehead atoms. The van der Waals surface area contributed by atoms with Gasteiger partial charge in [0.15, 0.2) is 0 Å². The Bertz CT molecular complexity index is 1850. The maximum absolute atomic E-state index is 15.1. The first kappa shape index (κ1) is 40.5. The molecule has 2 saturated heterocycles. The van der Waals surface area contributed by atoms with Gasteiger partial charge in [-0.3, -0.25) is 24.4 Å². The number of benzene rings is 3. The van der Waals surface area contributed by atoms with E-state index in [0.29, 0.717) is 106 Å². The molecule has 294 valence electrons. The van der Waals surface area contributed by atoms with Crippen LogP contribution in [0.4, 0.5) is 4.79 Å². The van der Waals surface area contributed by atoms with Crippen LogP contribution in [0.3, 0.4) is 0 Å². The van der Waals surface area contributed by atoms with E-state index in [1.165, 1.54) is 0 Å². The van der Waals surface area contributed by atoms with E-state index in [1.54, 1.807) is 4.90 Å². The smallest absolute Gasteiger partial charge is 0.326 e. The summed E-state index contributed by atoms with van der Waals surface area (Å²) in [6.45, 7) is 16.0. The molecule has 3 heterocycles. The van der Waals surface area contributed by atoms with E-state index < -0.39 is 17.5 Å². The van der Waals surface area contributed by atoms with Crippen molar-refractivity contribution >= 4 is 46.9 Å². The summed E-state index contributed by atoms with van der Waals surface area (Å²) in [4.78, 5) is 56.7. The van der Waals surface area contributed by atoms with Crippen molar-refractivity contribution in [1.29, 1.82) is 0 Å². The van der Waals surface area contributed by atoms with Crippen molar-refractivity contribution in [1.82, 2.24) is 24.5 Å². The van der Waals surface area contributed by atoms with Gasteiger partial charge in [0, 0.05) is 62.4 Å². The highest BCUT2D eigenvalue weighted by molar-refractivity contribution is 6.30. The first-order valence-corrected chi connectivity index (χ1v) is 20.0. The van der Waals surface area contributed by atoms with Crippen LogP contribution in [0.15, 0.2) is 71.7 Å². The number of piperazine rings is 1. The van der Waals surface area contributed by atoms with Gasteiger partial charge < -0.3 is 24.2 Å². The van der Waals surface area contributed by atoms with Gasteiger partial charge in [0.05, 0.1) is 43.4 Å². The third kappa shape index (κ3) is 8.80. The van der Waals surface area contributed by atoms with Gasteiger partial charge >= 0.3 is 6.03 Å². The Balaban J connectivity index is 1.39. The van der Waals surface area contributed by atoms with Gasteiger partial charge in [-0.05, 0) is 87.7 Å². The maximum atomic E-state index is 15.1. The van der Waals surface area contributed by atoms with Gasteiger partial charge in [-0.1, -0.05) is 53.5 Å². The molecule has 55 heavy (non-hydrogen) atoms. The molecule has 13 heteroatoms. The van der Waals surface area contributed by atoms with Crippen LogP contribution in [-0.2, 0) is 19.7 Å². The van der Waals surface area contributed by atoms with Crippen LogP contribution < -0.4 is 4.74 Å². The summed E-state index contributed by atoms with van der Waals surface area (Å²) in [6.07, 6.45) is 0. The molecule has 0 radical (unpaired) electrons. The van der Waals surface area contributed by atoms with Crippen LogP contribution in [0.5, 0.6) is 5.75 Å². The Kier molecular flexibility index (Phi) is 13.1. The zero-order chi connectivity index (χ0) is 39.3. The first-order valence-electron chi connectivity index (χ1n) is 19.3. The standard InChI is InChI=1S/C42H52Cl2N6O5/c1-6-47(7-2)40(52)42(4,5)31-13-18-34(35(27-31)55-8-3)39-45-37(29-9-14-32(43)15-10-29)38(30-11-16-33(44)17-12-30)50(39)41(53)49-21-19-46(20-22-49)28-36(51)48-23-25-54-26-24-48/h9-18,27,37-38H,6-8,19-26,28H2,1-5H3/t37-,38+/m1/s1. The minimum Gasteiger partial charge on any atom is -0.493 e. The molecule has 3 aromatic rings. The maximum Gasteiger partial charge on any atom is 0.326 e. The number of ether oxygens (including phenoxy) is 2. The lowest BCUT2D eigenvalue weighted by Crippen LogP contribution is -2.56. The number of carbonyl (C=O) groups excluding carboxylic acids is 3. The second-order valence-electron chi connectivity index (χ2n) is 14.6. The first-order chi connectivity index (χ1) is 26.5. The molecule has 6 rings (SSSR count). The number of likely N-dealkylation sites (N-methyl/N-ethyl adjacent to an activating group) is 1. The summed E-state index contributed by atoms with van der Waals surface area (Å²) in [5, 5.41) is 1.19. The molecule has 11 nitrogen and oxygen atoms in total. The topological polar surface area (TPSA) is 98.2 Å². The molecule has 3 aliphatic heterocycles. The molecular weight excluding hydrogens is 739 g/mol.